The summed E-state index contributed by atoms with van der Waals surface area (Å²) in [6.07, 6.45) is -0.232. The van der Waals surface area contributed by atoms with Crippen molar-refractivity contribution in [1.82, 2.24) is 24.4 Å². The second-order valence-electron chi connectivity index (χ2n) is 10.4. The lowest BCUT2D eigenvalue weighted by molar-refractivity contribution is -0.137. The Kier molecular flexibility index (Phi) is 6.29. The standard InChI is InChI=1S/C28H31F3N6O/c1-18-24(33-26(32-18)19-4-6-20(7-5-19)28(29,30)31)17-35-14-10-21(11-15-35)37-25-16-22(36-12-2-3-13-36)8-9-23(25)34-27(37)38/h4-9,16,21H,2-3,10-15,17H2,1H3,(H,32,33)(H,34,38). The molecule has 6 rings (SSSR count). The van der Waals surface area contributed by atoms with Gasteiger partial charge in [-0.15, -0.1) is 0 Å². The van der Waals surface area contributed by atoms with E-state index < -0.39 is 11.7 Å². The molecule has 4 heterocycles. The van der Waals surface area contributed by atoms with Crippen molar-refractivity contribution in [3.8, 4) is 11.4 Å². The first-order valence-corrected chi connectivity index (χ1v) is 13.2. The number of H-pyrrole nitrogens is 2. The Bertz CT molecular complexity index is 1490. The van der Waals surface area contributed by atoms with Gasteiger partial charge in [0.05, 0.1) is 22.3 Å². The van der Waals surface area contributed by atoms with Gasteiger partial charge < -0.3 is 14.9 Å². The van der Waals surface area contributed by atoms with Crippen molar-refractivity contribution in [2.24, 2.45) is 0 Å². The average Bonchev–Trinajstić information content (AvgIpc) is 3.63. The molecule has 2 fully saturated rings. The number of piperidine rings is 1. The van der Waals surface area contributed by atoms with Gasteiger partial charge in [-0.25, -0.2) is 9.78 Å². The zero-order valence-electron chi connectivity index (χ0n) is 21.3. The molecule has 0 amide bonds. The van der Waals surface area contributed by atoms with Crippen molar-refractivity contribution >= 4 is 16.7 Å². The Morgan fingerprint density at radius 2 is 1.68 bits per heavy atom. The third-order valence-corrected chi connectivity index (χ3v) is 7.94. The van der Waals surface area contributed by atoms with Gasteiger partial charge in [-0.1, -0.05) is 12.1 Å². The van der Waals surface area contributed by atoms with Crippen LogP contribution in [-0.4, -0.2) is 50.6 Å². The number of nitrogens with one attached hydrogen (secondary N) is 2. The average molecular weight is 525 g/mol. The van der Waals surface area contributed by atoms with Crippen molar-refractivity contribution in [2.75, 3.05) is 31.1 Å². The highest BCUT2D eigenvalue weighted by atomic mass is 19.4. The third-order valence-electron chi connectivity index (χ3n) is 7.94. The minimum absolute atomic E-state index is 0.0543. The number of fused-ring (bicyclic) bond motifs is 1. The lowest BCUT2D eigenvalue weighted by Crippen LogP contribution is -2.36. The van der Waals surface area contributed by atoms with Crippen LogP contribution in [0.3, 0.4) is 0 Å². The van der Waals surface area contributed by atoms with Crippen molar-refractivity contribution < 1.29 is 13.2 Å². The minimum Gasteiger partial charge on any atom is -0.371 e. The Hall–Kier alpha value is -3.53. The van der Waals surface area contributed by atoms with E-state index in [0.29, 0.717) is 17.9 Å². The number of hydrogen-bond donors (Lipinski definition) is 2. The van der Waals surface area contributed by atoms with Crippen LogP contribution in [0, 0.1) is 6.92 Å². The van der Waals surface area contributed by atoms with E-state index in [2.05, 4.69) is 31.9 Å². The van der Waals surface area contributed by atoms with Crippen molar-refractivity contribution in [1.29, 1.82) is 0 Å². The molecule has 4 aromatic rings. The van der Waals surface area contributed by atoms with Crippen LogP contribution in [-0.2, 0) is 12.7 Å². The van der Waals surface area contributed by atoms with Crippen LogP contribution < -0.4 is 10.6 Å². The maximum absolute atomic E-state index is 12.9. The van der Waals surface area contributed by atoms with Crippen LogP contribution >= 0.6 is 0 Å². The monoisotopic (exact) mass is 524 g/mol. The van der Waals surface area contributed by atoms with Crippen LogP contribution in [0.5, 0.6) is 0 Å². The second kappa shape index (κ2) is 9.65. The second-order valence-corrected chi connectivity index (χ2v) is 10.4. The molecule has 2 aliphatic rings. The van der Waals surface area contributed by atoms with Gasteiger partial charge >= 0.3 is 11.9 Å². The summed E-state index contributed by atoms with van der Waals surface area (Å²) in [4.78, 5) is 28.6. The molecule has 200 valence electrons. The molecule has 0 atom stereocenters. The first-order valence-electron chi connectivity index (χ1n) is 13.2. The number of aromatic amines is 2. The predicted molar refractivity (Wildman–Crippen MR) is 141 cm³/mol. The zero-order valence-corrected chi connectivity index (χ0v) is 21.3. The number of anilines is 1. The Morgan fingerprint density at radius 1 is 0.974 bits per heavy atom. The lowest BCUT2D eigenvalue weighted by Gasteiger charge is -2.32. The van der Waals surface area contributed by atoms with Gasteiger partial charge in [0.15, 0.2) is 0 Å². The fourth-order valence-electron chi connectivity index (χ4n) is 5.80. The lowest BCUT2D eigenvalue weighted by atomic mass is 10.0. The number of benzene rings is 2. The summed E-state index contributed by atoms with van der Waals surface area (Å²) in [6.45, 7) is 6.37. The van der Waals surface area contributed by atoms with Crippen molar-refractivity contribution in [3.63, 3.8) is 0 Å². The highest BCUT2D eigenvalue weighted by molar-refractivity contribution is 5.80. The van der Waals surface area contributed by atoms with Gasteiger partial charge in [-0.05, 0) is 62.9 Å². The van der Waals surface area contributed by atoms with E-state index in [4.69, 9.17) is 4.98 Å². The molecule has 0 saturated carbocycles. The van der Waals surface area contributed by atoms with Crippen LogP contribution in [0.1, 0.15) is 48.7 Å². The molecule has 2 aromatic carbocycles. The summed E-state index contributed by atoms with van der Waals surface area (Å²) in [5.41, 5.74) is 4.72. The fraction of sp³-hybridized carbons (Fsp3) is 0.429. The number of hydrogen-bond acceptors (Lipinski definition) is 4. The molecule has 2 saturated heterocycles. The molecule has 0 radical (unpaired) electrons. The number of rotatable bonds is 5. The van der Waals surface area contributed by atoms with Gasteiger partial charge in [-0.3, -0.25) is 9.47 Å². The van der Waals surface area contributed by atoms with Gasteiger partial charge in [0, 0.05) is 55.7 Å². The molecule has 0 spiro atoms. The molecule has 0 bridgehead atoms. The normalized spacial score (nSPS) is 17.6. The van der Waals surface area contributed by atoms with Crippen LogP contribution in [0.4, 0.5) is 18.9 Å². The maximum Gasteiger partial charge on any atom is 0.416 e. The summed E-state index contributed by atoms with van der Waals surface area (Å²) >= 11 is 0. The highest BCUT2D eigenvalue weighted by Gasteiger charge is 2.30. The number of halogens is 3. The van der Waals surface area contributed by atoms with E-state index >= 15 is 0 Å². The molecular formula is C28H31F3N6O. The van der Waals surface area contributed by atoms with Crippen LogP contribution in [0.25, 0.3) is 22.4 Å². The highest BCUT2D eigenvalue weighted by Crippen LogP contribution is 2.32. The summed E-state index contributed by atoms with van der Waals surface area (Å²) < 4.78 is 40.6. The SMILES string of the molecule is Cc1[nH]c(-c2ccc(C(F)(F)F)cc2)nc1CN1CCC(n2c(=O)[nH]c3ccc(N4CCCC4)cc32)CC1. The van der Waals surface area contributed by atoms with E-state index in [9.17, 15) is 18.0 Å². The van der Waals surface area contributed by atoms with E-state index in [1.165, 1.54) is 30.7 Å². The van der Waals surface area contributed by atoms with E-state index in [1.54, 1.807) is 0 Å². The summed E-state index contributed by atoms with van der Waals surface area (Å²) in [5.74, 6) is 0.570. The fourth-order valence-corrected chi connectivity index (χ4v) is 5.80. The summed E-state index contributed by atoms with van der Waals surface area (Å²) in [7, 11) is 0. The molecule has 38 heavy (non-hydrogen) atoms. The number of imidazole rings is 2. The third kappa shape index (κ3) is 4.73. The number of likely N-dealkylation sites (tertiary alicyclic amines) is 1. The molecular weight excluding hydrogens is 493 g/mol. The molecule has 2 N–H and O–H groups in total. The smallest absolute Gasteiger partial charge is 0.371 e. The number of aromatic nitrogens is 4. The summed E-state index contributed by atoms with van der Waals surface area (Å²) in [5, 5.41) is 0. The number of nitrogens with zero attached hydrogens (tertiary/aromatic N) is 4. The van der Waals surface area contributed by atoms with E-state index in [0.717, 1.165) is 73.6 Å². The van der Waals surface area contributed by atoms with E-state index in [-0.39, 0.29) is 11.7 Å². The van der Waals surface area contributed by atoms with Crippen LogP contribution in [0.2, 0.25) is 0 Å². The first-order chi connectivity index (χ1) is 18.3. The first kappa shape index (κ1) is 24.8. The topological polar surface area (TPSA) is 73.0 Å². The summed E-state index contributed by atoms with van der Waals surface area (Å²) in [6, 6.07) is 11.5. The van der Waals surface area contributed by atoms with E-state index in [1.807, 2.05) is 17.6 Å². The van der Waals surface area contributed by atoms with Crippen molar-refractivity contribution in [3.05, 3.63) is 69.9 Å². The maximum atomic E-state index is 12.9. The quantitative estimate of drug-likeness (QED) is 0.363. The predicted octanol–water partition coefficient (Wildman–Crippen LogP) is 5.48. The van der Waals surface area contributed by atoms with Gasteiger partial charge in [-0.2, -0.15) is 13.2 Å². The Morgan fingerprint density at radius 3 is 2.37 bits per heavy atom. The number of alkyl halides is 3. The van der Waals surface area contributed by atoms with Crippen LogP contribution in [0.15, 0.2) is 47.3 Å². The Labute approximate surface area is 218 Å². The zero-order chi connectivity index (χ0) is 26.4. The van der Waals surface area contributed by atoms with Gasteiger partial charge in [0.2, 0.25) is 0 Å². The molecule has 0 unspecified atom stereocenters. The molecule has 2 aliphatic heterocycles. The Balaban J connectivity index is 1.14. The van der Waals surface area contributed by atoms with Crippen molar-refractivity contribution in [2.45, 2.75) is 51.4 Å². The largest absolute Gasteiger partial charge is 0.416 e. The molecule has 10 heteroatoms. The number of aryl methyl sites for hydroxylation is 1. The molecule has 2 aromatic heterocycles. The molecule has 7 nitrogen and oxygen atoms in total. The van der Waals surface area contributed by atoms with Gasteiger partial charge in [0.25, 0.3) is 0 Å². The minimum atomic E-state index is -4.36. The molecule has 0 aliphatic carbocycles. The van der Waals surface area contributed by atoms with Gasteiger partial charge in [0.1, 0.15) is 5.82 Å².